The molecule has 18 heavy (non-hydrogen) atoms. The molecule has 0 saturated carbocycles. The van der Waals surface area contributed by atoms with Gasteiger partial charge in [0.25, 0.3) is 0 Å². The van der Waals surface area contributed by atoms with Crippen LogP contribution in [0.4, 0.5) is 0 Å². The summed E-state index contributed by atoms with van der Waals surface area (Å²) in [6.07, 6.45) is 2.79. The van der Waals surface area contributed by atoms with E-state index in [1.54, 1.807) is 0 Å². The Morgan fingerprint density at radius 3 is 3.17 bits per heavy atom. The number of hydrogen-bond donors (Lipinski definition) is 1. The van der Waals surface area contributed by atoms with Crippen molar-refractivity contribution in [2.24, 2.45) is 0 Å². The molecule has 0 aliphatic carbocycles. The molecule has 0 aromatic carbocycles. The smallest absolute Gasteiger partial charge is 0.131 e. The Balaban J connectivity index is 1.75. The van der Waals surface area contributed by atoms with Crippen LogP contribution in [0.15, 0.2) is 29.0 Å². The summed E-state index contributed by atoms with van der Waals surface area (Å²) in [6, 6.07) is 6.45. The summed E-state index contributed by atoms with van der Waals surface area (Å²) in [5.41, 5.74) is 3.64. The lowest BCUT2D eigenvalue weighted by molar-refractivity contribution is 0.363. The van der Waals surface area contributed by atoms with E-state index in [4.69, 9.17) is 0 Å². The van der Waals surface area contributed by atoms with E-state index in [-0.39, 0.29) is 0 Å². The van der Waals surface area contributed by atoms with E-state index in [2.05, 4.69) is 49.0 Å². The Morgan fingerprint density at radius 1 is 1.50 bits per heavy atom. The van der Waals surface area contributed by atoms with Crippen molar-refractivity contribution in [3.63, 3.8) is 0 Å². The summed E-state index contributed by atoms with van der Waals surface area (Å²) in [7, 11) is 0. The molecule has 1 aliphatic heterocycles. The number of aromatic nitrogens is 3. The summed E-state index contributed by atoms with van der Waals surface area (Å²) in [6.45, 7) is 3.88. The fourth-order valence-electron chi connectivity index (χ4n) is 2.35. The molecule has 4 nitrogen and oxygen atoms in total. The van der Waals surface area contributed by atoms with Gasteiger partial charge in [-0.15, -0.1) is 0 Å². The molecule has 1 N–H and O–H groups in total. The van der Waals surface area contributed by atoms with E-state index in [0.717, 1.165) is 29.8 Å². The van der Waals surface area contributed by atoms with Crippen molar-refractivity contribution in [2.75, 3.05) is 0 Å². The second-order valence-electron chi connectivity index (χ2n) is 4.65. The third kappa shape index (κ3) is 2.20. The molecule has 3 rings (SSSR count). The average molecular weight is 307 g/mol. The van der Waals surface area contributed by atoms with Crippen LogP contribution in [0.2, 0.25) is 0 Å². The predicted molar refractivity (Wildman–Crippen MR) is 73.2 cm³/mol. The first kappa shape index (κ1) is 11.9. The lowest BCUT2D eigenvalue weighted by Gasteiger charge is -2.25. The minimum absolute atomic E-state index is 0.401. The predicted octanol–water partition coefficient (Wildman–Crippen LogP) is 2.06. The van der Waals surface area contributed by atoms with Gasteiger partial charge in [-0.05, 0) is 35.0 Å². The van der Waals surface area contributed by atoms with Crippen molar-refractivity contribution in [2.45, 2.75) is 32.5 Å². The van der Waals surface area contributed by atoms with Crippen LogP contribution in [0.1, 0.15) is 17.0 Å². The van der Waals surface area contributed by atoms with Gasteiger partial charge in [-0.3, -0.25) is 9.67 Å². The van der Waals surface area contributed by atoms with E-state index in [9.17, 15) is 0 Å². The van der Waals surface area contributed by atoms with Crippen molar-refractivity contribution in [1.82, 2.24) is 20.1 Å². The van der Waals surface area contributed by atoms with Gasteiger partial charge in [0.05, 0.1) is 12.2 Å². The summed E-state index contributed by atoms with van der Waals surface area (Å²) >= 11 is 3.49. The van der Waals surface area contributed by atoms with Crippen LogP contribution < -0.4 is 5.32 Å². The Labute approximate surface area is 115 Å². The maximum absolute atomic E-state index is 4.52. The molecular formula is C13H15BrN4. The number of fused-ring (bicyclic) bond motifs is 1. The van der Waals surface area contributed by atoms with E-state index in [1.165, 1.54) is 11.3 Å². The average Bonchev–Trinajstić information content (AvgIpc) is 2.66. The van der Waals surface area contributed by atoms with Crippen LogP contribution in [0.25, 0.3) is 0 Å². The molecular weight excluding hydrogens is 292 g/mol. The molecule has 2 aromatic heterocycles. The monoisotopic (exact) mass is 306 g/mol. The number of nitrogens with zero attached hydrogens (tertiary/aromatic N) is 3. The second-order valence-corrected chi connectivity index (χ2v) is 5.40. The van der Waals surface area contributed by atoms with Crippen LogP contribution >= 0.6 is 15.9 Å². The van der Waals surface area contributed by atoms with Crippen LogP contribution in [0, 0.1) is 6.92 Å². The highest BCUT2D eigenvalue weighted by atomic mass is 79.9. The number of pyridine rings is 1. The van der Waals surface area contributed by atoms with E-state index in [0.29, 0.717) is 6.04 Å². The van der Waals surface area contributed by atoms with Gasteiger partial charge in [-0.1, -0.05) is 6.07 Å². The molecule has 0 fully saturated rings. The zero-order chi connectivity index (χ0) is 12.5. The normalized spacial score (nSPS) is 18.7. The van der Waals surface area contributed by atoms with Crippen molar-refractivity contribution in [1.29, 1.82) is 0 Å². The van der Waals surface area contributed by atoms with Crippen LogP contribution in [-0.2, 0) is 19.5 Å². The molecule has 1 atom stereocenters. The highest BCUT2D eigenvalue weighted by Crippen LogP contribution is 2.22. The summed E-state index contributed by atoms with van der Waals surface area (Å²) in [5, 5.41) is 8.07. The second kappa shape index (κ2) is 4.82. The standard InChI is InChI=1S/C13H15BrN4/c1-9-12-7-16-11(8-18(12)17-13(9)14)6-10-4-2-3-5-15-10/h2-5,11,16H,6-8H2,1H3. The topological polar surface area (TPSA) is 42.7 Å². The van der Waals surface area contributed by atoms with Gasteiger partial charge >= 0.3 is 0 Å². The quantitative estimate of drug-likeness (QED) is 0.923. The van der Waals surface area contributed by atoms with Gasteiger partial charge in [-0.25, -0.2) is 0 Å². The Morgan fingerprint density at radius 2 is 2.39 bits per heavy atom. The van der Waals surface area contributed by atoms with Gasteiger partial charge in [0.15, 0.2) is 0 Å². The number of halogens is 1. The van der Waals surface area contributed by atoms with E-state index >= 15 is 0 Å². The summed E-state index contributed by atoms with van der Waals surface area (Å²) in [4.78, 5) is 4.37. The number of nitrogens with one attached hydrogen (secondary N) is 1. The Kier molecular flexibility index (Phi) is 3.18. The SMILES string of the molecule is Cc1c(Br)nn2c1CNC(Cc1ccccn1)C2. The van der Waals surface area contributed by atoms with Crippen molar-refractivity contribution < 1.29 is 0 Å². The van der Waals surface area contributed by atoms with E-state index in [1.807, 2.05) is 18.3 Å². The molecule has 1 unspecified atom stereocenters. The Bertz CT molecular complexity index is 550. The molecule has 0 amide bonds. The molecule has 0 spiro atoms. The fourth-order valence-corrected chi connectivity index (χ4v) is 2.77. The first-order chi connectivity index (χ1) is 8.74. The molecule has 94 valence electrons. The molecule has 2 aromatic rings. The number of rotatable bonds is 2. The lowest BCUT2D eigenvalue weighted by atomic mass is 10.1. The first-order valence-electron chi connectivity index (χ1n) is 6.09. The molecule has 3 heterocycles. The van der Waals surface area contributed by atoms with Crippen molar-refractivity contribution >= 4 is 15.9 Å². The molecule has 5 heteroatoms. The van der Waals surface area contributed by atoms with Crippen LogP contribution in [-0.4, -0.2) is 20.8 Å². The van der Waals surface area contributed by atoms with Crippen LogP contribution in [0.5, 0.6) is 0 Å². The van der Waals surface area contributed by atoms with Gasteiger partial charge in [0, 0.05) is 36.5 Å². The maximum atomic E-state index is 4.52. The summed E-state index contributed by atoms with van der Waals surface area (Å²) < 4.78 is 3.06. The Hall–Kier alpha value is -1.20. The third-order valence-corrected chi connectivity index (χ3v) is 4.15. The third-order valence-electron chi connectivity index (χ3n) is 3.40. The van der Waals surface area contributed by atoms with Crippen molar-refractivity contribution in [3.05, 3.63) is 46.0 Å². The van der Waals surface area contributed by atoms with Gasteiger partial charge in [-0.2, -0.15) is 5.10 Å². The zero-order valence-corrected chi connectivity index (χ0v) is 11.8. The molecule has 0 radical (unpaired) electrons. The van der Waals surface area contributed by atoms with Gasteiger partial charge < -0.3 is 5.32 Å². The molecule has 0 bridgehead atoms. The minimum atomic E-state index is 0.401. The highest BCUT2D eigenvalue weighted by Gasteiger charge is 2.22. The minimum Gasteiger partial charge on any atom is -0.306 e. The van der Waals surface area contributed by atoms with Crippen molar-refractivity contribution in [3.8, 4) is 0 Å². The molecule has 0 saturated heterocycles. The zero-order valence-electron chi connectivity index (χ0n) is 10.2. The van der Waals surface area contributed by atoms with E-state index < -0.39 is 0 Å². The van der Waals surface area contributed by atoms with Gasteiger partial charge in [0.1, 0.15) is 4.60 Å². The lowest BCUT2D eigenvalue weighted by Crippen LogP contribution is -2.40. The largest absolute Gasteiger partial charge is 0.306 e. The molecule has 1 aliphatic rings. The first-order valence-corrected chi connectivity index (χ1v) is 6.88. The maximum Gasteiger partial charge on any atom is 0.131 e. The number of hydrogen-bond acceptors (Lipinski definition) is 3. The summed E-state index contributed by atoms with van der Waals surface area (Å²) in [5.74, 6) is 0. The fraction of sp³-hybridized carbons (Fsp3) is 0.385. The van der Waals surface area contributed by atoms with Crippen LogP contribution in [0.3, 0.4) is 0 Å². The van der Waals surface area contributed by atoms with Gasteiger partial charge in [0.2, 0.25) is 0 Å². The highest BCUT2D eigenvalue weighted by molar-refractivity contribution is 9.10.